The summed E-state index contributed by atoms with van der Waals surface area (Å²) in [5.41, 5.74) is 2.61. The Morgan fingerprint density at radius 1 is 1.00 bits per heavy atom. The predicted molar refractivity (Wildman–Crippen MR) is 139 cm³/mol. The van der Waals surface area contributed by atoms with Crippen LogP contribution in [0.15, 0.2) is 78.4 Å². The van der Waals surface area contributed by atoms with Gasteiger partial charge in [0.1, 0.15) is 11.5 Å². The molecule has 4 rings (SSSR count). The number of aliphatic hydroxyl groups excluding tert-OH is 1. The molecule has 1 aliphatic heterocycles. The summed E-state index contributed by atoms with van der Waals surface area (Å²) >= 11 is 6.21. The third kappa shape index (κ3) is 4.62. The van der Waals surface area contributed by atoms with Gasteiger partial charge >= 0.3 is 0 Å². The number of methoxy groups -OCH3 is 1. The normalized spacial score (nSPS) is 17.0. The number of aliphatic hydroxyl groups is 1. The molecule has 0 saturated carbocycles. The Morgan fingerprint density at radius 2 is 1.69 bits per heavy atom. The van der Waals surface area contributed by atoms with Gasteiger partial charge in [-0.2, -0.15) is 0 Å². The second-order valence-corrected chi connectivity index (χ2v) is 8.58. The lowest BCUT2D eigenvalue weighted by atomic mass is 9.94. The van der Waals surface area contributed by atoms with Crippen molar-refractivity contribution in [2.75, 3.05) is 30.0 Å². The summed E-state index contributed by atoms with van der Waals surface area (Å²) in [6.45, 7) is 5.87. The molecule has 3 aromatic rings. The summed E-state index contributed by atoms with van der Waals surface area (Å²) in [6, 6.07) is 20.4. The molecule has 0 radical (unpaired) electrons. The van der Waals surface area contributed by atoms with Crippen molar-refractivity contribution in [2.45, 2.75) is 19.9 Å². The lowest BCUT2D eigenvalue weighted by Crippen LogP contribution is -2.29. The van der Waals surface area contributed by atoms with Crippen LogP contribution < -0.4 is 14.5 Å². The van der Waals surface area contributed by atoms with Gasteiger partial charge in [-0.15, -0.1) is 0 Å². The Balaban J connectivity index is 1.90. The molecule has 180 valence electrons. The van der Waals surface area contributed by atoms with E-state index in [0.29, 0.717) is 27.6 Å². The molecule has 1 atom stereocenters. The zero-order valence-electron chi connectivity index (χ0n) is 19.9. The zero-order valence-corrected chi connectivity index (χ0v) is 20.6. The van der Waals surface area contributed by atoms with Crippen LogP contribution in [0.25, 0.3) is 5.76 Å². The number of carbonyl (C=O) groups excluding carboxylic acids is 2. The number of hydrogen-bond donors (Lipinski definition) is 1. The molecule has 0 aromatic heterocycles. The van der Waals surface area contributed by atoms with E-state index in [2.05, 4.69) is 18.7 Å². The molecule has 1 unspecified atom stereocenters. The first-order valence-electron chi connectivity index (χ1n) is 11.5. The van der Waals surface area contributed by atoms with Crippen molar-refractivity contribution in [2.24, 2.45) is 0 Å². The second kappa shape index (κ2) is 10.2. The highest BCUT2D eigenvalue weighted by atomic mass is 35.5. The van der Waals surface area contributed by atoms with Crippen LogP contribution in [0.3, 0.4) is 0 Å². The zero-order chi connectivity index (χ0) is 25.1. The number of carbonyl (C=O) groups is 2. The quantitative estimate of drug-likeness (QED) is 0.257. The van der Waals surface area contributed by atoms with E-state index in [1.54, 1.807) is 48.5 Å². The maximum atomic E-state index is 13.3. The fourth-order valence-corrected chi connectivity index (χ4v) is 4.61. The highest BCUT2D eigenvalue weighted by Gasteiger charge is 2.47. The van der Waals surface area contributed by atoms with Gasteiger partial charge in [0.15, 0.2) is 0 Å². The number of Topliss-reactive ketones (excluding diaryl/α,β-unsaturated/α-hetero) is 1. The smallest absolute Gasteiger partial charge is 0.300 e. The van der Waals surface area contributed by atoms with E-state index >= 15 is 0 Å². The van der Waals surface area contributed by atoms with Crippen molar-refractivity contribution in [3.05, 3.63) is 94.5 Å². The summed E-state index contributed by atoms with van der Waals surface area (Å²) in [5.74, 6) is -1.22. The molecule has 35 heavy (non-hydrogen) atoms. The van der Waals surface area contributed by atoms with E-state index in [-0.39, 0.29) is 11.3 Å². The van der Waals surface area contributed by atoms with Crippen LogP contribution in [0, 0.1) is 0 Å². The van der Waals surface area contributed by atoms with Crippen LogP contribution in [-0.4, -0.2) is 37.0 Å². The minimum atomic E-state index is -0.828. The Morgan fingerprint density at radius 3 is 2.31 bits per heavy atom. The van der Waals surface area contributed by atoms with E-state index < -0.39 is 17.7 Å². The number of ketones is 1. The molecule has 1 heterocycles. The molecule has 7 heteroatoms. The summed E-state index contributed by atoms with van der Waals surface area (Å²) in [6.07, 6.45) is 0. The Hall–Kier alpha value is -3.77. The predicted octanol–water partition coefficient (Wildman–Crippen LogP) is 5.82. The Kier molecular flexibility index (Phi) is 7.12. The summed E-state index contributed by atoms with van der Waals surface area (Å²) in [4.78, 5) is 30.2. The molecule has 1 amide bonds. The maximum Gasteiger partial charge on any atom is 0.300 e. The fraction of sp³-hybridized carbons (Fsp3) is 0.214. The van der Waals surface area contributed by atoms with Gasteiger partial charge in [0, 0.05) is 35.1 Å². The highest BCUT2D eigenvalue weighted by molar-refractivity contribution is 6.51. The molecule has 0 aliphatic carbocycles. The molecule has 1 N–H and O–H groups in total. The average molecular weight is 491 g/mol. The van der Waals surface area contributed by atoms with Crippen molar-refractivity contribution >= 4 is 40.4 Å². The number of hydrogen-bond acceptors (Lipinski definition) is 5. The molecule has 0 bridgehead atoms. The third-order valence-corrected chi connectivity index (χ3v) is 6.45. The molecule has 1 saturated heterocycles. The first-order chi connectivity index (χ1) is 16.9. The number of rotatable bonds is 7. The van der Waals surface area contributed by atoms with Crippen molar-refractivity contribution in [3.8, 4) is 5.75 Å². The highest BCUT2D eigenvalue weighted by Crippen LogP contribution is 2.43. The maximum absolute atomic E-state index is 13.3. The first kappa shape index (κ1) is 24.4. The Bertz CT molecular complexity index is 1280. The van der Waals surface area contributed by atoms with E-state index in [4.69, 9.17) is 16.3 Å². The van der Waals surface area contributed by atoms with Gasteiger partial charge in [0.25, 0.3) is 11.7 Å². The van der Waals surface area contributed by atoms with Crippen LogP contribution in [0.1, 0.15) is 31.0 Å². The van der Waals surface area contributed by atoms with Gasteiger partial charge in [-0.1, -0.05) is 41.9 Å². The van der Waals surface area contributed by atoms with Crippen LogP contribution >= 0.6 is 11.6 Å². The molecule has 6 nitrogen and oxygen atoms in total. The molecular formula is C28H27ClN2O4. The number of halogens is 1. The minimum absolute atomic E-state index is 0.0128. The largest absolute Gasteiger partial charge is 0.507 e. The van der Waals surface area contributed by atoms with E-state index in [1.807, 2.05) is 24.3 Å². The number of benzene rings is 3. The van der Waals surface area contributed by atoms with Crippen molar-refractivity contribution in [1.29, 1.82) is 0 Å². The fourth-order valence-electron chi connectivity index (χ4n) is 4.42. The van der Waals surface area contributed by atoms with Crippen LogP contribution in [0.2, 0.25) is 5.02 Å². The van der Waals surface area contributed by atoms with E-state index in [0.717, 1.165) is 18.8 Å². The SMILES string of the molecule is CCN(CC)c1ccc(C2/C(=C(\O)c3cccc(OC)c3)C(=O)C(=O)N2c2cccc(Cl)c2)cc1. The van der Waals surface area contributed by atoms with Gasteiger partial charge in [-0.05, 0) is 61.9 Å². The van der Waals surface area contributed by atoms with Gasteiger partial charge in [0.2, 0.25) is 0 Å². The summed E-state index contributed by atoms with van der Waals surface area (Å²) in [5, 5.41) is 11.7. The molecule has 1 fully saturated rings. The number of ether oxygens (including phenoxy) is 1. The van der Waals surface area contributed by atoms with Crippen LogP contribution in [-0.2, 0) is 9.59 Å². The van der Waals surface area contributed by atoms with Crippen molar-refractivity contribution < 1.29 is 19.4 Å². The van der Waals surface area contributed by atoms with E-state index in [9.17, 15) is 14.7 Å². The number of anilines is 2. The Labute approximate surface area is 210 Å². The standard InChI is InChI=1S/C28H27ClN2O4/c1-4-30(5-2)21-14-12-18(13-15-21)25-24(26(32)19-8-6-11-23(16-19)35-3)27(33)28(34)31(25)22-10-7-9-20(29)17-22/h6-17,25,32H,4-5H2,1-3H3/b26-24+. The van der Waals surface area contributed by atoms with Crippen LogP contribution in [0.4, 0.5) is 11.4 Å². The first-order valence-corrected chi connectivity index (χ1v) is 11.8. The topological polar surface area (TPSA) is 70.1 Å². The summed E-state index contributed by atoms with van der Waals surface area (Å²) < 4.78 is 5.27. The van der Waals surface area contributed by atoms with Gasteiger partial charge in [-0.25, -0.2) is 0 Å². The molecule has 1 aliphatic rings. The monoisotopic (exact) mass is 490 g/mol. The lowest BCUT2D eigenvalue weighted by Gasteiger charge is -2.27. The second-order valence-electron chi connectivity index (χ2n) is 8.14. The lowest BCUT2D eigenvalue weighted by molar-refractivity contribution is -0.132. The molecule has 3 aromatic carbocycles. The van der Waals surface area contributed by atoms with E-state index in [1.165, 1.54) is 12.0 Å². The van der Waals surface area contributed by atoms with Gasteiger partial charge in [0.05, 0.1) is 18.7 Å². The number of amides is 1. The minimum Gasteiger partial charge on any atom is -0.507 e. The van der Waals surface area contributed by atoms with Crippen LogP contribution in [0.5, 0.6) is 5.75 Å². The van der Waals surface area contributed by atoms with Crippen molar-refractivity contribution in [1.82, 2.24) is 0 Å². The number of nitrogens with zero attached hydrogens (tertiary/aromatic N) is 2. The molecule has 0 spiro atoms. The van der Waals surface area contributed by atoms with Gasteiger partial charge in [-0.3, -0.25) is 14.5 Å². The summed E-state index contributed by atoms with van der Waals surface area (Å²) in [7, 11) is 1.52. The van der Waals surface area contributed by atoms with Crippen molar-refractivity contribution in [3.63, 3.8) is 0 Å². The third-order valence-electron chi connectivity index (χ3n) is 6.21. The molecular weight excluding hydrogens is 464 g/mol. The van der Waals surface area contributed by atoms with Gasteiger partial charge < -0.3 is 14.7 Å². The average Bonchev–Trinajstić information content (AvgIpc) is 3.15.